The van der Waals surface area contributed by atoms with Crippen molar-refractivity contribution in [3.8, 4) is 11.5 Å². The van der Waals surface area contributed by atoms with Gasteiger partial charge in [0.05, 0.1) is 13.2 Å². The van der Waals surface area contributed by atoms with Crippen LogP contribution in [0.4, 0.5) is 4.39 Å². The molecule has 2 aromatic rings. The van der Waals surface area contributed by atoms with Gasteiger partial charge in [-0.25, -0.2) is 4.39 Å². The highest BCUT2D eigenvalue weighted by molar-refractivity contribution is 5.43. The Balaban J connectivity index is 1.47. The Morgan fingerprint density at radius 1 is 1.13 bits per heavy atom. The molecule has 0 spiro atoms. The maximum atomic E-state index is 13.7. The van der Waals surface area contributed by atoms with Crippen LogP contribution in [-0.2, 0) is 13.1 Å². The summed E-state index contributed by atoms with van der Waals surface area (Å²) in [6.45, 7) is 3.26. The maximum absolute atomic E-state index is 13.7. The number of likely N-dealkylation sites (tertiary alicyclic amines) is 1. The molecule has 3 rings (SSSR count). The van der Waals surface area contributed by atoms with Gasteiger partial charge in [0.1, 0.15) is 18.5 Å². The van der Waals surface area contributed by atoms with Crippen molar-refractivity contribution in [1.29, 1.82) is 0 Å². The largest absolute Gasteiger partial charge is 0.493 e. The van der Waals surface area contributed by atoms with Crippen molar-refractivity contribution in [3.63, 3.8) is 0 Å². The topological polar surface area (TPSA) is 74.2 Å². The van der Waals surface area contributed by atoms with Crippen LogP contribution in [0.3, 0.4) is 0 Å². The predicted octanol–water partition coefficient (Wildman–Crippen LogP) is 2.32. The Morgan fingerprint density at radius 3 is 2.63 bits per heavy atom. The van der Waals surface area contributed by atoms with Crippen molar-refractivity contribution in [1.82, 2.24) is 10.2 Å². The molecular weight excluding hydrogens is 387 g/mol. The number of nitrogens with one attached hydrogen (secondary N) is 1. The molecule has 1 atom stereocenters. The fourth-order valence-electron chi connectivity index (χ4n) is 3.56. The predicted molar refractivity (Wildman–Crippen MR) is 113 cm³/mol. The molecule has 6 nitrogen and oxygen atoms in total. The number of halogens is 1. The van der Waals surface area contributed by atoms with E-state index >= 15 is 0 Å². The summed E-state index contributed by atoms with van der Waals surface area (Å²) >= 11 is 0. The van der Waals surface area contributed by atoms with E-state index in [-0.39, 0.29) is 18.5 Å². The molecule has 0 unspecified atom stereocenters. The standard InChI is InChI=1S/C23H31FN2O4/c1-29-23-12-17(13-25-14-18-4-2-3-5-21(18)24)6-7-22(23)30-16-20(28)15-26-10-8-19(27)9-11-26/h2-7,12,19-20,25,27-28H,8-11,13-16H2,1H3/t20-/m0/s1. The first-order valence-electron chi connectivity index (χ1n) is 10.4. The Labute approximate surface area is 177 Å². The quantitative estimate of drug-likeness (QED) is 0.550. The van der Waals surface area contributed by atoms with Crippen LogP contribution in [0.1, 0.15) is 24.0 Å². The number of rotatable bonds is 10. The molecule has 7 heteroatoms. The summed E-state index contributed by atoms with van der Waals surface area (Å²) in [7, 11) is 1.58. The van der Waals surface area contributed by atoms with E-state index in [0.717, 1.165) is 31.5 Å². The fourth-order valence-corrected chi connectivity index (χ4v) is 3.56. The summed E-state index contributed by atoms with van der Waals surface area (Å²) < 4.78 is 24.9. The molecular formula is C23H31FN2O4. The van der Waals surface area contributed by atoms with Crippen molar-refractivity contribution in [2.75, 3.05) is 33.4 Å². The lowest BCUT2D eigenvalue weighted by Gasteiger charge is -2.30. The number of hydrogen-bond donors (Lipinski definition) is 3. The number of piperidine rings is 1. The van der Waals surface area contributed by atoms with Gasteiger partial charge < -0.3 is 29.9 Å². The number of ether oxygens (including phenoxy) is 2. The highest BCUT2D eigenvalue weighted by Gasteiger charge is 2.20. The van der Waals surface area contributed by atoms with Gasteiger partial charge in [0.25, 0.3) is 0 Å². The fraction of sp³-hybridized carbons (Fsp3) is 0.478. The smallest absolute Gasteiger partial charge is 0.161 e. The maximum Gasteiger partial charge on any atom is 0.161 e. The molecule has 3 N–H and O–H groups in total. The van der Waals surface area contributed by atoms with Crippen LogP contribution in [0.25, 0.3) is 0 Å². The minimum Gasteiger partial charge on any atom is -0.493 e. The number of aliphatic hydroxyl groups excluding tert-OH is 2. The molecule has 0 aliphatic carbocycles. The van der Waals surface area contributed by atoms with E-state index in [9.17, 15) is 14.6 Å². The lowest BCUT2D eigenvalue weighted by atomic mass is 10.1. The van der Waals surface area contributed by atoms with Crippen LogP contribution in [0.15, 0.2) is 42.5 Å². The van der Waals surface area contributed by atoms with Crippen LogP contribution >= 0.6 is 0 Å². The second kappa shape index (κ2) is 11.3. The lowest BCUT2D eigenvalue weighted by Crippen LogP contribution is -2.41. The highest BCUT2D eigenvalue weighted by Crippen LogP contribution is 2.28. The molecule has 0 radical (unpaired) electrons. The Morgan fingerprint density at radius 2 is 1.90 bits per heavy atom. The highest BCUT2D eigenvalue weighted by atomic mass is 19.1. The van der Waals surface area contributed by atoms with Gasteiger partial charge >= 0.3 is 0 Å². The van der Waals surface area contributed by atoms with Crippen molar-refractivity contribution in [3.05, 3.63) is 59.4 Å². The molecule has 1 aliphatic heterocycles. The van der Waals surface area contributed by atoms with Crippen LogP contribution in [-0.4, -0.2) is 60.7 Å². The Hall–Kier alpha value is -2.19. The number of β-amino-alcohol motifs (C(OH)–C–C–N with tert-alkyl or cyclic N) is 1. The van der Waals surface area contributed by atoms with E-state index < -0.39 is 6.10 Å². The molecule has 1 aliphatic rings. The summed E-state index contributed by atoms with van der Waals surface area (Å²) in [5.74, 6) is 0.947. The lowest BCUT2D eigenvalue weighted by molar-refractivity contribution is 0.0333. The molecule has 0 bridgehead atoms. The van der Waals surface area contributed by atoms with E-state index in [2.05, 4.69) is 10.2 Å². The third-order valence-electron chi connectivity index (χ3n) is 5.29. The number of benzene rings is 2. The molecule has 1 saturated heterocycles. The van der Waals surface area contributed by atoms with Crippen molar-refractivity contribution in [2.45, 2.75) is 38.1 Å². The summed E-state index contributed by atoms with van der Waals surface area (Å²) in [5.41, 5.74) is 1.62. The summed E-state index contributed by atoms with van der Waals surface area (Å²) in [6, 6.07) is 12.3. The second-order valence-corrected chi connectivity index (χ2v) is 7.68. The Bertz CT molecular complexity index is 797. The summed E-state index contributed by atoms with van der Waals surface area (Å²) in [4.78, 5) is 2.14. The summed E-state index contributed by atoms with van der Waals surface area (Å²) in [6.07, 6.45) is 0.646. The molecule has 0 amide bonds. The Kier molecular flexibility index (Phi) is 8.45. The monoisotopic (exact) mass is 418 g/mol. The molecule has 2 aromatic carbocycles. The van der Waals surface area contributed by atoms with Gasteiger partial charge in [0, 0.05) is 38.3 Å². The number of aliphatic hydroxyl groups is 2. The normalized spacial score (nSPS) is 16.4. The zero-order chi connectivity index (χ0) is 21.3. The third kappa shape index (κ3) is 6.67. The van der Waals surface area contributed by atoms with Crippen LogP contribution in [0, 0.1) is 5.82 Å². The zero-order valence-electron chi connectivity index (χ0n) is 17.4. The van der Waals surface area contributed by atoms with Gasteiger partial charge in [0.15, 0.2) is 11.5 Å². The number of methoxy groups -OCH3 is 1. The van der Waals surface area contributed by atoms with Gasteiger partial charge in [0.2, 0.25) is 0 Å². The third-order valence-corrected chi connectivity index (χ3v) is 5.29. The van der Waals surface area contributed by atoms with Gasteiger partial charge in [-0.05, 0) is 36.6 Å². The second-order valence-electron chi connectivity index (χ2n) is 7.68. The first-order chi connectivity index (χ1) is 14.5. The number of hydrogen-bond acceptors (Lipinski definition) is 6. The molecule has 0 aromatic heterocycles. The SMILES string of the molecule is COc1cc(CNCc2ccccc2F)ccc1OC[C@@H](O)CN1CCC(O)CC1. The summed E-state index contributed by atoms with van der Waals surface area (Å²) in [5, 5.41) is 23.1. The molecule has 1 heterocycles. The van der Waals surface area contributed by atoms with E-state index in [1.807, 2.05) is 24.3 Å². The van der Waals surface area contributed by atoms with E-state index in [1.54, 1.807) is 19.2 Å². The first kappa shape index (κ1) is 22.5. The first-order valence-corrected chi connectivity index (χ1v) is 10.4. The molecule has 164 valence electrons. The molecule has 30 heavy (non-hydrogen) atoms. The van der Waals surface area contributed by atoms with Crippen molar-refractivity contribution in [2.24, 2.45) is 0 Å². The molecule has 0 saturated carbocycles. The van der Waals surface area contributed by atoms with Gasteiger partial charge in [-0.15, -0.1) is 0 Å². The van der Waals surface area contributed by atoms with Gasteiger partial charge in [-0.2, -0.15) is 0 Å². The van der Waals surface area contributed by atoms with Crippen LogP contribution < -0.4 is 14.8 Å². The van der Waals surface area contributed by atoms with Gasteiger partial charge in [-0.1, -0.05) is 24.3 Å². The molecule has 1 fully saturated rings. The minimum atomic E-state index is -0.618. The van der Waals surface area contributed by atoms with Crippen molar-refractivity contribution < 1.29 is 24.1 Å². The minimum absolute atomic E-state index is 0.167. The van der Waals surface area contributed by atoms with Crippen LogP contribution in [0.5, 0.6) is 11.5 Å². The average Bonchev–Trinajstić information content (AvgIpc) is 2.75. The number of nitrogens with zero attached hydrogens (tertiary/aromatic N) is 1. The van der Waals surface area contributed by atoms with Crippen LogP contribution in [0.2, 0.25) is 0 Å². The zero-order valence-corrected chi connectivity index (χ0v) is 17.4. The average molecular weight is 419 g/mol. The van der Waals surface area contributed by atoms with E-state index in [1.165, 1.54) is 6.07 Å². The van der Waals surface area contributed by atoms with Crippen molar-refractivity contribution >= 4 is 0 Å². The van der Waals surface area contributed by atoms with E-state index in [4.69, 9.17) is 9.47 Å². The van der Waals surface area contributed by atoms with Gasteiger partial charge in [-0.3, -0.25) is 0 Å². The van der Waals surface area contributed by atoms with E-state index in [0.29, 0.717) is 36.7 Å².